The molecule has 6 heteroatoms. The second-order valence-corrected chi connectivity index (χ2v) is 5.36. The van der Waals surface area contributed by atoms with Crippen LogP contribution in [0.4, 0.5) is 19.0 Å². The molecule has 112 valence electrons. The Balaban J connectivity index is 1.85. The maximum Gasteiger partial charge on any atom is 0.419 e. The number of rotatable bonds is 4. The van der Waals surface area contributed by atoms with Crippen LogP contribution in [-0.4, -0.2) is 36.6 Å². The van der Waals surface area contributed by atoms with Gasteiger partial charge in [0.15, 0.2) is 0 Å². The van der Waals surface area contributed by atoms with Gasteiger partial charge in [-0.2, -0.15) is 13.2 Å². The third kappa shape index (κ3) is 4.10. The van der Waals surface area contributed by atoms with Gasteiger partial charge in [0, 0.05) is 12.7 Å². The van der Waals surface area contributed by atoms with E-state index in [2.05, 4.69) is 22.2 Å². The van der Waals surface area contributed by atoms with Gasteiger partial charge in [-0.1, -0.05) is 0 Å². The SMILES string of the molecule is CN1CCC(CCNc2ncccc2C(F)(F)F)CC1. The summed E-state index contributed by atoms with van der Waals surface area (Å²) in [6.07, 6.45) is 0.151. The van der Waals surface area contributed by atoms with Gasteiger partial charge in [0.2, 0.25) is 0 Å². The average molecular weight is 287 g/mol. The van der Waals surface area contributed by atoms with E-state index in [-0.39, 0.29) is 5.82 Å². The van der Waals surface area contributed by atoms with E-state index >= 15 is 0 Å². The lowest BCUT2D eigenvalue weighted by Crippen LogP contribution is -2.31. The summed E-state index contributed by atoms with van der Waals surface area (Å²) in [4.78, 5) is 6.08. The molecule has 2 rings (SSSR count). The van der Waals surface area contributed by atoms with Crippen molar-refractivity contribution in [2.24, 2.45) is 5.92 Å². The lowest BCUT2D eigenvalue weighted by atomic mass is 9.94. The van der Waals surface area contributed by atoms with Crippen LogP contribution < -0.4 is 5.32 Å². The molecule has 0 aliphatic carbocycles. The Labute approximate surface area is 117 Å². The quantitative estimate of drug-likeness (QED) is 0.921. The molecule has 0 atom stereocenters. The highest BCUT2D eigenvalue weighted by atomic mass is 19.4. The smallest absolute Gasteiger partial charge is 0.370 e. The van der Waals surface area contributed by atoms with Crippen molar-refractivity contribution in [3.8, 4) is 0 Å². The number of aromatic nitrogens is 1. The normalized spacial score (nSPS) is 18.2. The Morgan fingerprint density at radius 1 is 1.35 bits per heavy atom. The van der Waals surface area contributed by atoms with Crippen LogP contribution in [-0.2, 0) is 6.18 Å². The van der Waals surface area contributed by atoms with E-state index in [1.54, 1.807) is 0 Å². The number of pyridine rings is 1. The summed E-state index contributed by atoms with van der Waals surface area (Å²) in [7, 11) is 2.10. The van der Waals surface area contributed by atoms with E-state index in [9.17, 15) is 13.2 Å². The molecule has 2 heterocycles. The number of hydrogen-bond acceptors (Lipinski definition) is 3. The summed E-state index contributed by atoms with van der Waals surface area (Å²) in [5, 5.41) is 2.83. The van der Waals surface area contributed by atoms with E-state index in [1.165, 1.54) is 12.3 Å². The van der Waals surface area contributed by atoms with Crippen LogP contribution >= 0.6 is 0 Å². The van der Waals surface area contributed by atoms with Crippen LogP contribution in [0.5, 0.6) is 0 Å². The topological polar surface area (TPSA) is 28.2 Å². The minimum Gasteiger partial charge on any atom is -0.370 e. The first kappa shape index (κ1) is 15.1. The van der Waals surface area contributed by atoms with E-state index in [4.69, 9.17) is 0 Å². The van der Waals surface area contributed by atoms with Gasteiger partial charge in [0.1, 0.15) is 5.82 Å². The molecule has 20 heavy (non-hydrogen) atoms. The fourth-order valence-electron chi connectivity index (χ4n) is 2.52. The Bertz CT molecular complexity index is 426. The predicted molar refractivity (Wildman–Crippen MR) is 72.6 cm³/mol. The van der Waals surface area contributed by atoms with Gasteiger partial charge in [-0.3, -0.25) is 0 Å². The van der Waals surface area contributed by atoms with Crippen LogP contribution in [0.2, 0.25) is 0 Å². The molecular weight excluding hydrogens is 267 g/mol. The summed E-state index contributed by atoms with van der Waals surface area (Å²) >= 11 is 0. The molecule has 0 unspecified atom stereocenters. The average Bonchev–Trinajstić information content (AvgIpc) is 2.40. The van der Waals surface area contributed by atoms with Crippen molar-refractivity contribution in [1.29, 1.82) is 0 Å². The predicted octanol–water partition coefficient (Wildman–Crippen LogP) is 3.24. The third-order valence-electron chi connectivity index (χ3n) is 3.80. The Morgan fingerprint density at radius 2 is 2.05 bits per heavy atom. The van der Waals surface area contributed by atoms with Crippen LogP contribution in [0.15, 0.2) is 18.3 Å². The fraction of sp³-hybridized carbons (Fsp3) is 0.643. The monoisotopic (exact) mass is 287 g/mol. The first-order valence-electron chi connectivity index (χ1n) is 6.91. The molecule has 3 nitrogen and oxygen atoms in total. The molecule has 0 spiro atoms. The van der Waals surface area contributed by atoms with Crippen LogP contribution in [0.3, 0.4) is 0 Å². The van der Waals surface area contributed by atoms with Crippen molar-refractivity contribution in [3.05, 3.63) is 23.9 Å². The molecule has 0 saturated carbocycles. The minimum atomic E-state index is -4.36. The summed E-state index contributed by atoms with van der Waals surface area (Å²) < 4.78 is 38.4. The second-order valence-electron chi connectivity index (χ2n) is 5.36. The molecule has 0 aromatic carbocycles. The number of piperidine rings is 1. The Morgan fingerprint density at radius 3 is 2.70 bits per heavy atom. The van der Waals surface area contributed by atoms with Crippen molar-refractivity contribution in [2.45, 2.75) is 25.4 Å². The van der Waals surface area contributed by atoms with E-state index in [0.29, 0.717) is 12.5 Å². The van der Waals surface area contributed by atoms with Gasteiger partial charge < -0.3 is 10.2 Å². The highest BCUT2D eigenvalue weighted by Gasteiger charge is 2.34. The molecule has 0 amide bonds. The highest BCUT2D eigenvalue weighted by Crippen LogP contribution is 2.33. The zero-order valence-corrected chi connectivity index (χ0v) is 11.6. The molecule has 0 radical (unpaired) electrons. The number of anilines is 1. The maximum atomic E-state index is 12.8. The summed E-state index contributed by atoms with van der Waals surface area (Å²) in [5.74, 6) is 0.532. The molecule has 1 aromatic rings. The van der Waals surface area contributed by atoms with E-state index < -0.39 is 11.7 Å². The van der Waals surface area contributed by atoms with Gasteiger partial charge in [-0.25, -0.2) is 4.98 Å². The summed E-state index contributed by atoms with van der Waals surface area (Å²) in [5.41, 5.74) is -0.691. The van der Waals surface area contributed by atoms with Crippen molar-refractivity contribution < 1.29 is 13.2 Å². The second kappa shape index (κ2) is 6.43. The summed E-state index contributed by atoms with van der Waals surface area (Å²) in [6.45, 7) is 2.68. The lowest BCUT2D eigenvalue weighted by molar-refractivity contribution is -0.137. The van der Waals surface area contributed by atoms with Crippen LogP contribution in [0, 0.1) is 5.92 Å². The van der Waals surface area contributed by atoms with E-state index in [1.807, 2.05) is 0 Å². The number of likely N-dealkylation sites (tertiary alicyclic amines) is 1. The molecule has 1 N–H and O–H groups in total. The summed E-state index contributed by atoms with van der Waals surface area (Å²) in [6, 6.07) is 2.37. The fourth-order valence-corrected chi connectivity index (χ4v) is 2.52. The molecular formula is C14H20F3N3. The number of hydrogen-bond donors (Lipinski definition) is 1. The van der Waals surface area contributed by atoms with Gasteiger partial charge >= 0.3 is 6.18 Å². The molecule has 0 bridgehead atoms. The van der Waals surface area contributed by atoms with Crippen molar-refractivity contribution >= 4 is 5.82 Å². The van der Waals surface area contributed by atoms with Crippen LogP contribution in [0.25, 0.3) is 0 Å². The number of nitrogens with zero attached hydrogens (tertiary/aromatic N) is 2. The Hall–Kier alpha value is -1.30. The van der Waals surface area contributed by atoms with Crippen molar-refractivity contribution in [1.82, 2.24) is 9.88 Å². The number of nitrogens with one attached hydrogen (secondary N) is 1. The van der Waals surface area contributed by atoms with Gasteiger partial charge in [0.25, 0.3) is 0 Å². The molecule has 1 saturated heterocycles. The molecule has 1 aromatic heterocycles. The van der Waals surface area contributed by atoms with Crippen molar-refractivity contribution in [3.63, 3.8) is 0 Å². The van der Waals surface area contributed by atoms with Gasteiger partial charge in [-0.15, -0.1) is 0 Å². The number of alkyl halides is 3. The van der Waals surface area contributed by atoms with Crippen molar-refractivity contribution in [2.75, 3.05) is 32.0 Å². The zero-order valence-electron chi connectivity index (χ0n) is 11.6. The van der Waals surface area contributed by atoms with Gasteiger partial charge in [-0.05, 0) is 57.5 Å². The Kier molecular flexibility index (Phi) is 4.86. The number of halogens is 3. The molecule has 1 aliphatic rings. The minimum absolute atomic E-state index is 0.0621. The van der Waals surface area contributed by atoms with E-state index in [0.717, 1.165) is 38.4 Å². The molecule has 1 fully saturated rings. The van der Waals surface area contributed by atoms with Crippen LogP contribution in [0.1, 0.15) is 24.8 Å². The third-order valence-corrected chi connectivity index (χ3v) is 3.80. The first-order chi connectivity index (χ1) is 9.47. The maximum absolute atomic E-state index is 12.8. The molecule has 1 aliphatic heterocycles. The van der Waals surface area contributed by atoms with Gasteiger partial charge in [0.05, 0.1) is 5.56 Å². The zero-order chi connectivity index (χ0) is 14.6. The largest absolute Gasteiger partial charge is 0.419 e. The standard InChI is InChI=1S/C14H20F3N3/c1-20-9-5-11(6-10-20)4-8-19-13-12(14(15,16)17)3-2-7-18-13/h2-3,7,11H,4-6,8-10H2,1H3,(H,18,19). The highest BCUT2D eigenvalue weighted by molar-refractivity contribution is 5.45. The first-order valence-corrected chi connectivity index (χ1v) is 6.91. The lowest BCUT2D eigenvalue weighted by Gasteiger charge is -2.29.